The fraction of sp³-hybridized carbons (Fsp3) is 0.355. The number of aliphatic carboxylic acids is 1. The Balaban J connectivity index is 2.19. The second-order valence-electron chi connectivity index (χ2n) is 10.6. The number of carbonyl (C=O) groups is 1. The first-order chi connectivity index (χ1) is 17.9. The number of rotatable bonds is 6. The van der Waals surface area contributed by atoms with Crippen LogP contribution in [0.25, 0.3) is 27.5 Å². The number of ether oxygens (including phenoxy) is 2. The number of halogens is 1. The van der Waals surface area contributed by atoms with Crippen LogP contribution in [0.4, 0.5) is 4.39 Å². The number of allylic oxidation sites excluding steroid dienone is 3. The Morgan fingerprint density at radius 2 is 1.97 bits per heavy atom. The van der Waals surface area contributed by atoms with Crippen LogP contribution in [0, 0.1) is 12.7 Å². The van der Waals surface area contributed by atoms with Crippen molar-refractivity contribution < 1.29 is 23.8 Å². The first-order valence-electron chi connectivity index (χ1n) is 12.7. The van der Waals surface area contributed by atoms with Crippen LogP contribution < -0.4 is 10.3 Å². The van der Waals surface area contributed by atoms with Crippen LogP contribution in [0.15, 0.2) is 47.8 Å². The monoisotopic (exact) mass is 519 g/mol. The Kier molecular flexibility index (Phi) is 7.35. The molecule has 200 valence electrons. The van der Waals surface area contributed by atoms with Crippen molar-refractivity contribution in [2.24, 2.45) is 7.05 Å². The van der Waals surface area contributed by atoms with E-state index in [0.717, 1.165) is 28.7 Å². The molecular weight excluding hydrogens is 485 g/mol. The third-order valence-corrected chi connectivity index (χ3v) is 6.96. The molecule has 7 heteroatoms. The van der Waals surface area contributed by atoms with Gasteiger partial charge in [-0.2, -0.15) is 0 Å². The molecule has 6 nitrogen and oxygen atoms in total. The number of hydrogen-bond donors (Lipinski definition) is 1. The zero-order chi connectivity index (χ0) is 27.9. The summed E-state index contributed by atoms with van der Waals surface area (Å²) in [6.07, 6.45) is 3.52. The normalized spacial score (nSPS) is 14.7. The molecule has 1 atom stereocenters. The van der Waals surface area contributed by atoms with Crippen molar-refractivity contribution in [3.8, 4) is 16.9 Å². The van der Waals surface area contributed by atoms with Gasteiger partial charge in [0.05, 0.1) is 17.9 Å². The molecule has 1 aliphatic rings. The Hall–Kier alpha value is -3.71. The van der Waals surface area contributed by atoms with Gasteiger partial charge in [0.1, 0.15) is 0 Å². The van der Waals surface area contributed by atoms with Gasteiger partial charge < -0.3 is 19.1 Å². The highest BCUT2D eigenvalue weighted by Crippen LogP contribution is 2.43. The molecule has 0 saturated carbocycles. The summed E-state index contributed by atoms with van der Waals surface area (Å²) < 4.78 is 28.4. The van der Waals surface area contributed by atoms with Gasteiger partial charge in [-0.3, -0.25) is 4.79 Å². The van der Waals surface area contributed by atoms with Crippen LogP contribution in [-0.2, 0) is 23.0 Å². The minimum Gasteiger partial charge on any atom is -0.490 e. The second-order valence-corrected chi connectivity index (χ2v) is 10.6. The van der Waals surface area contributed by atoms with Crippen LogP contribution in [0.3, 0.4) is 0 Å². The SMILES string of the molecule is C=C/C(=C\C)c1ccc2c(-c3cc(F)c4c(c3C)CCCO4)c([C@H](OC(C)(C)C)C(=O)O)n(C)c(=O)c2c1. The molecule has 0 saturated heterocycles. The predicted octanol–water partition coefficient (Wildman–Crippen LogP) is 6.51. The number of fused-ring (bicyclic) bond motifs is 2. The maximum Gasteiger partial charge on any atom is 0.339 e. The van der Waals surface area contributed by atoms with E-state index in [4.69, 9.17) is 9.47 Å². The van der Waals surface area contributed by atoms with Crippen molar-refractivity contribution in [1.82, 2.24) is 4.57 Å². The minimum atomic E-state index is -1.47. The molecule has 1 N–H and O–H groups in total. The molecule has 2 heterocycles. The molecule has 0 unspecified atom stereocenters. The Morgan fingerprint density at radius 1 is 1.26 bits per heavy atom. The molecule has 0 aliphatic carbocycles. The van der Waals surface area contributed by atoms with Gasteiger partial charge in [0.25, 0.3) is 5.56 Å². The minimum absolute atomic E-state index is 0.159. The zero-order valence-electron chi connectivity index (χ0n) is 22.8. The highest BCUT2D eigenvalue weighted by Gasteiger charge is 2.34. The summed E-state index contributed by atoms with van der Waals surface area (Å²) in [6.45, 7) is 13.3. The molecule has 0 spiro atoms. The van der Waals surface area contributed by atoms with Gasteiger partial charge in [-0.05, 0) is 87.2 Å². The molecule has 4 rings (SSSR count). The number of carboxylic acid groups (broad SMARTS) is 1. The van der Waals surface area contributed by atoms with Crippen LogP contribution in [0.2, 0.25) is 0 Å². The van der Waals surface area contributed by atoms with E-state index < -0.39 is 23.5 Å². The van der Waals surface area contributed by atoms with E-state index in [2.05, 4.69) is 6.58 Å². The lowest BCUT2D eigenvalue weighted by Crippen LogP contribution is -2.33. The van der Waals surface area contributed by atoms with Gasteiger partial charge in [-0.1, -0.05) is 30.9 Å². The molecule has 0 fully saturated rings. The maximum absolute atomic E-state index is 15.4. The van der Waals surface area contributed by atoms with Crippen LogP contribution >= 0.6 is 0 Å². The molecule has 2 aromatic carbocycles. The molecule has 0 amide bonds. The number of nitrogens with zero attached hydrogens (tertiary/aromatic N) is 1. The van der Waals surface area contributed by atoms with Gasteiger partial charge in [0, 0.05) is 23.6 Å². The first kappa shape index (κ1) is 27.3. The summed E-state index contributed by atoms with van der Waals surface area (Å²) in [5, 5.41) is 11.2. The van der Waals surface area contributed by atoms with Gasteiger partial charge >= 0.3 is 5.97 Å². The summed E-state index contributed by atoms with van der Waals surface area (Å²) in [6, 6.07) is 6.81. The Bertz CT molecular complexity index is 1540. The number of carboxylic acids is 1. The average Bonchev–Trinajstić information content (AvgIpc) is 2.87. The van der Waals surface area contributed by atoms with Gasteiger partial charge in [-0.15, -0.1) is 0 Å². The number of benzene rings is 2. The summed E-state index contributed by atoms with van der Waals surface area (Å²) in [7, 11) is 1.53. The van der Waals surface area contributed by atoms with Crippen LogP contribution in [0.1, 0.15) is 62.6 Å². The standard InChI is InChI=1S/C31H34FNO5/c1-8-18(9-2)19-12-13-21-23(15-19)29(34)33(7)26(28(30(35)36)38-31(4,5)6)25(21)22-16-24(32)27-20(17(22)3)11-10-14-37-27/h8-9,12-13,15-16,28H,1,10-11,14H2,2-7H3,(H,35,36)/b18-9+/t28-/m0/s1. The van der Waals surface area contributed by atoms with Crippen LogP contribution in [-0.4, -0.2) is 27.9 Å². The highest BCUT2D eigenvalue weighted by atomic mass is 19.1. The van der Waals surface area contributed by atoms with E-state index in [0.29, 0.717) is 34.9 Å². The topological polar surface area (TPSA) is 77.8 Å². The molecule has 0 radical (unpaired) electrons. The van der Waals surface area contributed by atoms with Crippen molar-refractivity contribution in [3.05, 3.63) is 81.6 Å². The molecule has 38 heavy (non-hydrogen) atoms. The third-order valence-electron chi connectivity index (χ3n) is 6.96. The lowest BCUT2D eigenvalue weighted by atomic mass is 9.87. The summed E-state index contributed by atoms with van der Waals surface area (Å²) in [4.78, 5) is 26.3. The average molecular weight is 520 g/mol. The van der Waals surface area contributed by atoms with Crippen molar-refractivity contribution in [2.45, 2.75) is 59.2 Å². The molecule has 3 aromatic rings. The fourth-order valence-corrected chi connectivity index (χ4v) is 5.20. The van der Waals surface area contributed by atoms with Crippen molar-refractivity contribution in [2.75, 3.05) is 6.61 Å². The highest BCUT2D eigenvalue weighted by molar-refractivity contribution is 6.01. The number of hydrogen-bond acceptors (Lipinski definition) is 4. The van der Waals surface area contributed by atoms with Crippen LogP contribution in [0.5, 0.6) is 5.75 Å². The summed E-state index contributed by atoms with van der Waals surface area (Å²) in [5.41, 5.74) is 3.11. The van der Waals surface area contributed by atoms with Crippen molar-refractivity contribution in [3.63, 3.8) is 0 Å². The zero-order valence-corrected chi connectivity index (χ0v) is 22.8. The molecule has 1 aliphatic heterocycles. The second kappa shape index (κ2) is 10.2. The Labute approximate surface area is 222 Å². The molecule has 0 bridgehead atoms. The van der Waals surface area contributed by atoms with E-state index >= 15 is 4.39 Å². The smallest absolute Gasteiger partial charge is 0.339 e. The quantitative estimate of drug-likeness (QED) is 0.376. The van der Waals surface area contributed by atoms with Crippen molar-refractivity contribution in [1.29, 1.82) is 0 Å². The fourth-order valence-electron chi connectivity index (χ4n) is 5.20. The van der Waals surface area contributed by atoms with Crippen molar-refractivity contribution >= 4 is 22.3 Å². The van der Waals surface area contributed by atoms with E-state index in [1.807, 2.05) is 26.0 Å². The molecular formula is C31H34FNO5. The Morgan fingerprint density at radius 3 is 2.58 bits per heavy atom. The third kappa shape index (κ3) is 4.78. The van der Waals surface area contributed by atoms with Gasteiger partial charge in [0.15, 0.2) is 17.7 Å². The lowest BCUT2D eigenvalue weighted by Gasteiger charge is -2.29. The number of pyridine rings is 1. The van der Waals surface area contributed by atoms with Gasteiger partial charge in [0.2, 0.25) is 0 Å². The van der Waals surface area contributed by atoms with E-state index in [1.54, 1.807) is 39.0 Å². The first-order valence-corrected chi connectivity index (χ1v) is 12.7. The number of aromatic nitrogens is 1. The van der Waals surface area contributed by atoms with E-state index in [-0.39, 0.29) is 17.0 Å². The maximum atomic E-state index is 15.4. The predicted molar refractivity (Wildman–Crippen MR) is 148 cm³/mol. The van der Waals surface area contributed by atoms with E-state index in [1.165, 1.54) is 17.7 Å². The lowest BCUT2D eigenvalue weighted by molar-refractivity contribution is -0.161. The van der Waals surface area contributed by atoms with E-state index in [9.17, 15) is 14.7 Å². The largest absolute Gasteiger partial charge is 0.490 e. The summed E-state index contributed by atoms with van der Waals surface area (Å²) >= 11 is 0. The summed E-state index contributed by atoms with van der Waals surface area (Å²) in [5.74, 6) is -1.52. The molecule has 1 aromatic heterocycles. The van der Waals surface area contributed by atoms with Gasteiger partial charge in [-0.25, -0.2) is 9.18 Å².